The van der Waals surface area contributed by atoms with E-state index in [0.717, 1.165) is 10.8 Å². The van der Waals surface area contributed by atoms with Gasteiger partial charge < -0.3 is 0 Å². The normalized spacial score (nSPS) is 27.1. The van der Waals surface area contributed by atoms with E-state index in [4.69, 9.17) is 0 Å². The molecule has 2 atom stereocenters. The molecular weight excluding hydrogens is 290 g/mol. The third-order valence-corrected chi connectivity index (χ3v) is 4.60. The number of nitrogens with zero attached hydrogens (tertiary/aromatic N) is 2. The zero-order valence-electron chi connectivity index (χ0n) is 12.4. The van der Waals surface area contributed by atoms with E-state index in [1.807, 2.05) is 48.5 Å². The van der Waals surface area contributed by atoms with Gasteiger partial charge in [0.2, 0.25) is 11.8 Å². The zero-order chi connectivity index (χ0) is 16.6. The van der Waals surface area contributed by atoms with Gasteiger partial charge in [-0.15, -0.1) is 0 Å². The number of rotatable bonds is 1. The molecule has 1 fully saturated rings. The molecule has 2 aromatic rings. The van der Waals surface area contributed by atoms with E-state index in [2.05, 4.69) is 5.32 Å². The van der Waals surface area contributed by atoms with Crippen molar-refractivity contribution in [3.63, 3.8) is 0 Å². The van der Waals surface area contributed by atoms with E-state index < -0.39 is 29.1 Å². The molecule has 0 spiro atoms. The van der Waals surface area contributed by atoms with Gasteiger partial charge in [0, 0.05) is 5.41 Å². The summed E-state index contributed by atoms with van der Waals surface area (Å²) in [5, 5.41) is 22.9. The maximum atomic E-state index is 12.1. The molecule has 112 valence electrons. The molecule has 23 heavy (non-hydrogen) atoms. The summed E-state index contributed by atoms with van der Waals surface area (Å²) in [5.41, 5.74) is -0.551. The molecule has 1 N–H and O–H groups in total. The van der Waals surface area contributed by atoms with E-state index in [0.29, 0.717) is 5.56 Å². The van der Waals surface area contributed by atoms with Crippen LogP contribution in [0.2, 0.25) is 0 Å². The van der Waals surface area contributed by atoms with Gasteiger partial charge in [0.25, 0.3) is 0 Å². The number of fused-ring (bicyclic) bond motifs is 1. The first kappa shape index (κ1) is 14.7. The van der Waals surface area contributed by atoms with Crippen molar-refractivity contribution in [2.75, 3.05) is 0 Å². The van der Waals surface area contributed by atoms with Crippen LogP contribution in [-0.4, -0.2) is 11.8 Å². The van der Waals surface area contributed by atoms with Crippen molar-refractivity contribution in [3.05, 3.63) is 48.0 Å². The summed E-state index contributed by atoms with van der Waals surface area (Å²) < 4.78 is 0. The smallest absolute Gasteiger partial charge is 0.244 e. The predicted molar refractivity (Wildman–Crippen MR) is 82.7 cm³/mol. The summed E-state index contributed by atoms with van der Waals surface area (Å²) >= 11 is 0. The highest BCUT2D eigenvalue weighted by Crippen LogP contribution is 2.42. The van der Waals surface area contributed by atoms with Gasteiger partial charge in [-0.3, -0.25) is 14.9 Å². The number of benzene rings is 2. The first-order chi connectivity index (χ1) is 11.0. The van der Waals surface area contributed by atoms with Gasteiger partial charge in [-0.25, -0.2) is 0 Å². The third kappa shape index (κ3) is 2.06. The molecule has 0 aromatic heterocycles. The highest BCUT2D eigenvalue weighted by atomic mass is 16.2. The van der Waals surface area contributed by atoms with Gasteiger partial charge in [0.15, 0.2) is 0 Å². The Morgan fingerprint density at radius 2 is 1.52 bits per heavy atom. The lowest BCUT2D eigenvalue weighted by Gasteiger charge is -2.40. The van der Waals surface area contributed by atoms with Crippen molar-refractivity contribution in [2.45, 2.75) is 12.3 Å². The molecule has 5 nitrogen and oxygen atoms in total. The molecule has 0 radical (unpaired) electrons. The van der Waals surface area contributed by atoms with Crippen molar-refractivity contribution in [1.29, 1.82) is 10.5 Å². The largest absolute Gasteiger partial charge is 0.294 e. The van der Waals surface area contributed by atoms with Gasteiger partial charge in [-0.05, 0) is 16.3 Å². The minimum absolute atomic E-state index is 0.637. The molecule has 1 saturated heterocycles. The van der Waals surface area contributed by atoms with E-state index in [1.54, 1.807) is 13.0 Å². The molecule has 1 heterocycles. The van der Waals surface area contributed by atoms with Crippen molar-refractivity contribution in [3.8, 4) is 12.1 Å². The van der Waals surface area contributed by atoms with E-state index in [9.17, 15) is 20.1 Å². The second-order valence-corrected chi connectivity index (χ2v) is 5.82. The number of nitrogens with one attached hydrogen (secondary N) is 1. The molecule has 1 aliphatic heterocycles. The van der Waals surface area contributed by atoms with Crippen molar-refractivity contribution in [2.24, 2.45) is 11.8 Å². The quantitative estimate of drug-likeness (QED) is 0.816. The molecule has 0 bridgehead atoms. The zero-order valence-corrected chi connectivity index (χ0v) is 12.4. The van der Waals surface area contributed by atoms with Crippen LogP contribution in [-0.2, 0) is 15.0 Å². The van der Waals surface area contributed by atoms with Crippen molar-refractivity contribution < 1.29 is 9.59 Å². The van der Waals surface area contributed by atoms with Gasteiger partial charge in [-0.1, -0.05) is 49.4 Å². The lowest BCUT2D eigenvalue weighted by atomic mass is 9.62. The summed E-state index contributed by atoms with van der Waals surface area (Å²) in [6, 6.07) is 17.1. The number of nitriles is 2. The molecule has 3 rings (SSSR count). The van der Waals surface area contributed by atoms with Gasteiger partial charge in [0.05, 0.1) is 12.1 Å². The highest BCUT2D eigenvalue weighted by molar-refractivity contribution is 6.04. The van der Waals surface area contributed by atoms with Crippen LogP contribution >= 0.6 is 0 Å². The summed E-state index contributed by atoms with van der Waals surface area (Å²) in [4.78, 5) is 24.2. The maximum Gasteiger partial charge on any atom is 0.244 e. The first-order valence-electron chi connectivity index (χ1n) is 7.15. The minimum atomic E-state index is -1.19. The Hall–Kier alpha value is -3.18. The molecule has 5 heteroatoms. The summed E-state index contributed by atoms with van der Waals surface area (Å²) in [6.07, 6.45) is 0. The number of carbonyl (C=O) groups excluding carboxylic acids is 2. The Labute approximate surface area is 133 Å². The van der Waals surface area contributed by atoms with Gasteiger partial charge in [-0.2, -0.15) is 10.5 Å². The van der Waals surface area contributed by atoms with Crippen molar-refractivity contribution >= 4 is 22.6 Å². The van der Waals surface area contributed by atoms with Crippen LogP contribution in [0, 0.1) is 34.5 Å². The Morgan fingerprint density at radius 3 is 2.09 bits per heavy atom. The number of hydrogen-bond donors (Lipinski definition) is 1. The van der Waals surface area contributed by atoms with Gasteiger partial charge in [0.1, 0.15) is 11.8 Å². The van der Waals surface area contributed by atoms with E-state index in [-0.39, 0.29) is 0 Å². The average Bonchev–Trinajstić information content (AvgIpc) is 2.54. The van der Waals surface area contributed by atoms with E-state index in [1.165, 1.54) is 0 Å². The highest BCUT2D eigenvalue weighted by Gasteiger charge is 2.54. The van der Waals surface area contributed by atoms with Crippen LogP contribution < -0.4 is 5.32 Å². The average molecular weight is 303 g/mol. The van der Waals surface area contributed by atoms with Gasteiger partial charge >= 0.3 is 0 Å². The van der Waals surface area contributed by atoms with Crippen LogP contribution in [0.3, 0.4) is 0 Å². The Bertz CT molecular complexity index is 872. The fourth-order valence-corrected chi connectivity index (χ4v) is 3.22. The third-order valence-electron chi connectivity index (χ3n) is 4.60. The molecule has 0 saturated carbocycles. The van der Waals surface area contributed by atoms with Crippen LogP contribution in [0.15, 0.2) is 42.5 Å². The number of piperidine rings is 1. The topological polar surface area (TPSA) is 93.8 Å². The lowest BCUT2D eigenvalue weighted by molar-refractivity contribution is -0.140. The summed E-state index contributed by atoms with van der Waals surface area (Å²) in [6.45, 7) is 1.63. The van der Waals surface area contributed by atoms with Crippen LogP contribution in [0.4, 0.5) is 0 Å². The monoisotopic (exact) mass is 303 g/mol. The summed E-state index contributed by atoms with van der Waals surface area (Å²) in [7, 11) is 0. The molecular formula is C18H13N3O2. The number of imide groups is 1. The lowest BCUT2D eigenvalue weighted by Crippen LogP contribution is -2.58. The molecule has 1 aliphatic rings. The van der Waals surface area contributed by atoms with E-state index >= 15 is 0 Å². The SMILES string of the molecule is CC1(c2ccc3ccccc3c2)C(C#N)C(=O)NC(=O)C1C#N. The standard InChI is InChI=1S/C18H13N3O2/c1-18(13-7-6-11-4-2-3-5-12(11)8-13)14(9-19)16(22)21-17(23)15(18)10-20/h2-8,14-15H,1H3,(H,21,22,23). The molecule has 0 aliphatic carbocycles. The summed E-state index contributed by atoms with van der Waals surface area (Å²) in [5.74, 6) is -3.52. The predicted octanol–water partition coefficient (Wildman–Crippen LogP) is 2.03. The molecule has 2 aromatic carbocycles. The molecule has 2 amide bonds. The van der Waals surface area contributed by atoms with Crippen molar-refractivity contribution in [1.82, 2.24) is 5.32 Å². The Balaban J connectivity index is 2.25. The van der Waals surface area contributed by atoms with Crippen LogP contribution in [0.5, 0.6) is 0 Å². The first-order valence-corrected chi connectivity index (χ1v) is 7.15. The van der Waals surface area contributed by atoms with Crippen LogP contribution in [0.1, 0.15) is 12.5 Å². The molecule has 2 unspecified atom stereocenters. The Morgan fingerprint density at radius 1 is 0.957 bits per heavy atom. The minimum Gasteiger partial charge on any atom is -0.294 e. The van der Waals surface area contributed by atoms with Crippen LogP contribution in [0.25, 0.3) is 10.8 Å². The Kier molecular flexibility index (Phi) is 3.35. The fourth-order valence-electron chi connectivity index (χ4n) is 3.22. The fraction of sp³-hybridized carbons (Fsp3) is 0.222. The number of hydrogen-bond acceptors (Lipinski definition) is 4. The second-order valence-electron chi connectivity index (χ2n) is 5.82. The maximum absolute atomic E-state index is 12.1. The second kappa shape index (κ2) is 5.23. The number of carbonyl (C=O) groups is 2. The number of amides is 2.